The third-order valence-electron chi connectivity index (χ3n) is 2.78. The first-order valence-corrected chi connectivity index (χ1v) is 7.84. The highest BCUT2D eigenvalue weighted by molar-refractivity contribution is 7.99. The molecule has 5 nitrogen and oxygen atoms in total. The van der Waals surface area contributed by atoms with Crippen molar-refractivity contribution in [3.8, 4) is 0 Å². The highest BCUT2D eigenvalue weighted by atomic mass is 35.5. The summed E-state index contributed by atoms with van der Waals surface area (Å²) in [5.41, 5.74) is 0.268. The monoisotopic (exact) mass is 336 g/mol. The smallest absolute Gasteiger partial charge is 0.271 e. The molecule has 1 N–H and O–H groups in total. The van der Waals surface area contributed by atoms with Crippen LogP contribution in [0.4, 0.5) is 11.4 Å². The minimum absolute atomic E-state index is 0.109. The summed E-state index contributed by atoms with van der Waals surface area (Å²) in [5.74, 6) is 0.458. The molecule has 7 heteroatoms. The van der Waals surface area contributed by atoms with Crippen molar-refractivity contribution in [2.75, 3.05) is 11.1 Å². The van der Waals surface area contributed by atoms with Crippen LogP contribution < -0.4 is 5.32 Å². The predicted molar refractivity (Wildman–Crippen MR) is 88.5 cm³/mol. The van der Waals surface area contributed by atoms with Crippen molar-refractivity contribution < 1.29 is 9.72 Å². The van der Waals surface area contributed by atoms with Gasteiger partial charge in [-0.1, -0.05) is 29.8 Å². The molecular weight excluding hydrogens is 324 g/mol. The minimum Gasteiger partial charge on any atom is -0.325 e. The highest BCUT2D eigenvalue weighted by Gasteiger charge is 2.11. The Morgan fingerprint density at radius 1 is 1.23 bits per heavy atom. The van der Waals surface area contributed by atoms with Gasteiger partial charge in [0.2, 0.25) is 5.91 Å². The maximum Gasteiger partial charge on any atom is 0.271 e. The second-order valence-electron chi connectivity index (χ2n) is 4.38. The molecule has 0 radical (unpaired) electrons. The number of benzene rings is 2. The van der Waals surface area contributed by atoms with Gasteiger partial charge in [-0.05, 0) is 18.2 Å². The average molecular weight is 337 g/mol. The van der Waals surface area contributed by atoms with Gasteiger partial charge in [0.05, 0.1) is 15.6 Å². The molecule has 0 saturated heterocycles. The summed E-state index contributed by atoms with van der Waals surface area (Å²) in [6.45, 7) is 0. The molecule has 0 fully saturated rings. The Labute approximate surface area is 136 Å². The van der Waals surface area contributed by atoms with Gasteiger partial charge < -0.3 is 5.32 Å². The van der Waals surface area contributed by atoms with Crippen LogP contribution in [0.2, 0.25) is 5.02 Å². The van der Waals surface area contributed by atoms with Crippen LogP contribution in [0.5, 0.6) is 0 Å². The van der Waals surface area contributed by atoms with Gasteiger partial charge in [-0.15, -0.1) is 11.8 Å². The van der Waals surface area contributed by atoms with Gasteiger partial charge in [0.1, 0.15) is 0 Å². The molecule has 0 atom stereocenters. The minimum atomic E-state index is -0.534. The van der Waals surface area contributed by atoms with Crippen molar-refractivity contribution in [1.29, 1.82) is 0 Å². The maximum atomic E-state index is 11.9. The zero-order chi connectivity index (χ0) is 15.9. The number of thioether (sulfide) groups is 1. The Balaban J connectivity index is 1.85. The Bertz CT molecular complexity index is 680. The van der Waals surface area contributed by atoms with Gasteiger partial charge in [0, 0.05) is 29.2 Å². The number of nitro benzene ring substituents is 1. The Kier molecular flexibility index (Phi) is 5.80. The van der Waals surface area contributed by atoms with Crippen molar-refractivity contribution in [1.82, 2.24) is 0 Å². The lowest BCUT2D eigenvalue weighted by atomic mass is 10.2. The summed E-state index contributed by atoms with van der Waals surface area (Å²) in [4.78, 5) is 23.0. The molecule has 2 rings (SSSR count). The van der Waals surface area contributed by atoms with E-state index < -0.39 is 4.92 Å². The lowest BCUT2D eigenvalue weighted by molar-refractivity contribution is -0.384. The van der Waals surface area contributed by atoms with Gasteiger partial charge >= 0.3 is 0 Å². The fourth-order valence-corrected chi connectivity index (χ4v) is 2.80. The number of halogens is 1. The number of amides is 1. The van der Waals surface area contributed by atoms with Crippen molar-refractivity contribution >= 4 is 40.6 Å². The number of nitrogens with zero attached hydrogens (tertiary/aromatic N) is 1. The normalized spacial score (nSPS) is 10.2. The molecule has 22 heavy (non-hydrogen) atoms. The summed E-state index contributed by atoms with van der Waals surface area (Å²) in [6, 6.07) is 13.7. The molecule has 2 aromatic carbocycles. The largest absolute Gasteiger partial charge is 0.325 e. The number of anilines is 1. The van der Waals surface area contributed by atoms with Crippen molar-refractivity contribution in [3.63, 3.8) is 0 Å². The summed E-state index contributed by atoms with van der Waals surface area (Å²) in [6.07, 6.45) is 0.326. The number of nitro groups is 1. The van der Waals surface area contributed by atoms with Gasteiger partial charge in [-0.25, -0.2) is 0 Å². The van der Waals surface area contributed by atoms with E-state index in [-0.39, 0.29) is 16.6 Å². The molecule has 0 aliphatic heterocycles. The maximum absolute atomic E-state index is 11.9. The standard InChI is InChI=1S/C15H13ClN2O3S/c16-13-10-11(18(20)21)6-7-14(13)17-15(19)8-9-22-12-4-2-1-3-5-12/h1-7,10H,8-9H2,(H,17,19). The molecule has 0 aliphatic carbocycles. The fourth-order valence-electron chi connectivity index (χ4n) is 1.71. The summed E-state index contributed by atoms with van der Waals surface area (Å²) in [7, 11) is 0. The zero-order valence-electron chi connectivity index (χ0n) is 11.5. The van der Waals surface area contributed by atoms with Crippen LogP contribution in [-0.2, 0) is 4.79 Å². The molecule has 0 spiro atoms. The topological polar surface area (TPSA) is 72.2 Å². The molecule has 0 saturated carbocycles. The van der Waals surface area contributed by atoms with E-state index in [1.54, 1.807) is 11.8 Å². The van der Waals surface area contributed by atoms with Crippen LogP contribution in [-0.4, -0.2) is 16.6 Å². The number of hydrogen-bond acceptors (Lipinski definition) is 4. The fraction of sp³-hybridized carbons (Fsp3) is 0.133. The Morgan fingerprint density at radius 3 is 2.59 bits per heavy atom. The quantitative estimate of drug-likeness (QED) is 0.483. The van der Waals surface area contributed by atoms with Crippen LogP contribution in [0.25, 0.3) is 0 Å². The summed E-state index contributed by atoms with van der Waals surface area (Å²) < 4.78 is 0. The molecule has 0 aromatic heterocycles. The molecule has 2 aromatic rings. The Morgan fingerprint density at radius 2 is 1.95 bits per heavy atom. The first-order chi connectivity index (χ1) is 10.6. The van der Waals surface area contributed by atoms with Crippen LogP contribution in [0, 0.1) is 10.1 Å². The van der Waals surface area contributed by atoms with E-state index in [2.05, 4.69) is 5.32 Å². The lowest BCUT2D eigenvalue weighted by Gasteiger charge is -2.07. The summed E-state index contributed by atoms with van der Waals surface area (Å²) >= 11 is 7.51. The second kappa shape index (κ2) is 7.82. The van der Waals surface area contributed by atoms with Crippen LogP contribution in [0.3, 0.4) is 0 Å². The van der Waals surface area contributed by atoms with Crippen LogP contribution >= 0.6 is 23.4 Å². The molecule has 1 amide bonds. The first-order valence-electron chi connectivity index (χ1n) is 6.48. The molecule has 0 bridgehead atoms. The number of nitrogens with one attached hydrogen (secondary N) is 1. The molecule has 0 unspecified atom stereocenters. The summed E-state index contributed by atoms with van der Waals surface area (Å²) in [5, 5.41) is 13.4. The predicted octanol–water partition coefficient (Wildman–Crippen LogP) is 4.37. The molecular formula is C15H13ClN2O3S. The van der Waals surface area contributed by atoms with E-state index in [1.165, 1.54) is 18.2 Å². The third kappa shape index (κ3) is 4.75. The van der Waals surface area contributed by atoms with Crippen LogP contribution in [0.1, 0.15) is 6.42 Å². The van der Waals surface area contributed by atoms with Gasteiger partial charge in [-0.3, -0.25) is 14.9 Å². The van der Waals surface area contributed by atoms with E-state index in [0.717, 1.165) is 4.90 Å². The second-order valence-corrected chi connectivity index (χ2v) is 5.96. The first kappa shape index (κ1) is 16.3. The van der Waals surface area contributed by atoms with E-state index >= 15 is 0 Å². The van der Waals surface area contributed by atoms with E-state index in [0.29, 0.717) is 17.9 Å². The molecule has 0 heterocycles. The van der Waals surface area contributed by atoms with Gasteiger partial charge in [-0.2, -0.15) is 0 Å². The third-order valence-corrected chi connectivity index (χ3v) is 4.11. The average Bonchev–Trinajstić information content (AvgIpc) is 2.50. The van der Waals surface area contributed by atoms with Crippen LogP contribution in [0.15, 0.2) is 53.4 Å². The zero-order valence-corrected chi connectivity index (χ0v) is 13.1. The van der Waals surface area contributed by atoms with Gasteiger partial charge in [0.25, 0.3) is 5.69 Å². The highest BCUT2D eigenvalue weighted by Crippen LogP contribution is 2.27. The van der Waals surface area contributed by atoms with E-state index in [9.17, 15) is 14.9 Å². The van der Waals surface area contributed by atoms with E-state index in [1.807, 2.05) is 30.3 Å². The van der Waals surface area contributed by atoms with Crippen molar-refractivity contribution in [2.45, 2.75) is 11.3 Å². The number of carbonyl (C=O) groups excluding carboxylic acids is 1. The Hall–Kier alpha value is -2.05. The van der Waals surface area contributed by atoms with Crippen molar-refractivity contribution in [2.24, 2.45) is 0 Å². The lowest BCUT2D eigenvalue weighted by Crippen LogP contribution is -2.12. The molecule has 114 valence electrons. The number of rotatable bonds is 6. The molecule has 0 aliphatic rings. The number of hydrogen-bond donors (Lipinski definition) is 1. The van der Waals surface area contributed by atoms with Crippen molar-refractivity contribution in [3.05, 3.63) is 63.7 Å². The SMILES string of the molecule is O=C(CCSc1ccccc1)Nc1ccc([N+](=O)[O-])cc1Cl. The van der Waals surface area contributed by atoms with E-state index in [4.69, 9.17) is 11.6 Å². The number of non-ortho nitro benzene ring substituents is 1. The van der Waals surface area contributed by atoms with Gasteiger partial charge in [0.15, 0.2) is 0 Å². The number of carbonyl (C=O) groups is 1.